The molecule has 0 saturated heterocycles. The molecule has 9 rings (SSSR count). The summed E-state index contributed by atoms with van der Waals surface area (Å²) in [6.07, 6.45) is 0. The summed E-state index contributed by atoms with van der Waals surface area (Å²) in [5, 5.41) is 7.56. The third-order valence-corrected chi connectivity index (χ3v) is 8.69. The molecule has 0 bridgehead atoms. The molecule has 0 spiro atoms. The number of nitrogens with zero attached hydrogens (tertiary/aromatic N) is 2. The maximum atomic E-state index is 2.47. The van der Waals surface area contributed by atoms with E-state index in [-0.39, 0.29) is 0 Å². The van der Waals surface area contributed by atoms with Gasteiger partial charge in [0.2, 0.25) is 0 Å². The van der Waals surface area contributed by atoms with Crippen LogP contribution in [0.5, 0.6) is 0 Å². The molecule has 0 unspecified atom stereocenters. The summed E-state index contributed by atoms with van der Waals surface area (Å²) in [7, 11) is 0. The lowest BCUT2D eigenvalue weighted by molar-refractivity contribution is 1.18. The highest BCUT2D eigenvalue weighted by atomic mass is 15.0. The molecule has 0 radical (unpaired) electrons. The zero-order valence-corrected chi connectivity index (χ0v) is 22.9. The van der Waals surface area contributed by atoms with E-state index in [1.165, 1.54) is 76.9 Å². The van der Waals surface area contributed by atoms with E-state index in [2.05, 4.69) is 167 Å². The van der Waals surface area contributed by atoms with Crippen LogP contribution >= 0.6 is 0 Å². The average Bonchev–Trinajstić information content (AvgIpc) is 3.58. The SMILES string of the molecule is c1ccc(-c2ccccc2-n2c3ccccc3c3c2ccc2c4ccccc4n(-c4ccc5ccccc5c4)c23)cc1. The predicted molar refractivity (Wildman–Crippen MR) is 178 cm³/mol. The van der Waals surface area contributed by atoms with Gasteiger partial charge < -0.3 is 9.13 Å². The zero-order valence-electron chi connectivity index (χ0n) is 22.9. The average molecular weight is 535 g/mol. The predicted octanol–water partition coefficient (Wildman–Crippen LogP) is 10.7. The lowest BCUT2D eigenvalue weighted by atomic mass is 10.0. The fourth-order valence-corrected chi connectivity index (χ4v) is 6.88. The van der Waals surface area contributed by atoms with Gasteiger partial charge in [-0.1, -0.05) is 121 Å². The molecule has 0 N–H and O–H groups in total. The number of para-hydroxylation sites is 3. The standard InChI is InChI=1S/C40H26N2/c1-2-13-28(14-3-1)31-16-6-9-19-35(31)42-37-21-11-8-18-34(37)39-38(42)25-24-33-32-17-7-10-20-36(32)41(40(33)39)30-23-22-27-12-4-5-15-29(27)26-30/h1-26H. The summed E-state index contributed by atoms with van der Waals surface area (Å²) < 4.78 is 4.92. The molecular weight excluding hydrogens is 508 g/mol. The van der Waals surface area contributed by atoms with Gasteiger partial charge in [-0.3, -0.25) is 0 Å². The first-order valence-corrected chi connectivity index (χ1v) is 14.5. The quantitative estimate of drug-likeness (QED) is 0.213. The Morgan fingerprint density at radius 3 is 1.90 bits per heavy atom. The smallest absolute Gasteiger partial charge is 0.0641 e. The Bertz CT molecular complexity index is 2460. The Balaban J connectivity index is 1.46. The third kappa shape index (κ3) is 3.27. The van der Waals surface area contributed by atoms with Crippen LogP contribution < -0.4 is 0 Å². The summed E-state index contributed by atoms with van der Waals surface area (Å²) in [5.74, 6) is 0. The molecule has 0 aliphatic carbocycles. The Morgan fingerprint density at radius 2 is 1.05 bits per heavy atom. The molecule has 2 heterocycles. The molecule has 0 amide bonds. The van der Waals surface area contributed by atoms with Crippen LogP contribution in [-0.2, 0) is 0 Å². The van der Waals surface area contributed by atoms with Crippen LogP contribution in [0.15, 0.2) is 158 Å². The van der Waals surface area contributed by atoms with Gasteiger partial charge in [-0.15, -0.1) is 0 Å². The number of fused-ring (bicyclic) bond motifs is 8. The van der Waals surface area contributed by atoms with Crippen LogP contribution in [0.4, 0.5) is 0 Å². The second kappa shape index (κ2) is 8.95. The summed E-state index contributed by atoms with van der Waals surface area (Å²) >= 11 is 0. The summed E-state index contributed by atoms with van der Waals surface area (Å²) in [5.41, 5.74) is 9.67. The topological polar surface area (TPSA) is 9.86 Å². The van der Waals surface area contributed by atoms with Crippen LogP contribution in [0.1, 0.15) is 0 Å². The monoisotopic (exact) mass is 534 g/mol. The molecule has 2 nitrogen and oxygen atoms in total. The summed E-state index contributed by atoms with van der Waals surface area (Å²) in [6.45, 7) is 0. The number of aromatic nitrogens is 2. The van der Waals surface area contributed by atoms with Crippen LogP contribution in [0.3, 0.4) is 0 Å². The van der Waals surface area contributed by atoms with Crippen molar-refractivity contribution < 1.29 is 0 Å². The van der Waals surface area contributed by atoms with Gasteiger partial charge >= 0.3 is 0 Å². The lowest BCUT2D eigenvalue weighted by Gasteiger charge is -2.14. The van der Waals surface area contributed by atoms with Gasteiger partial charge in [0.05, 0.1) is 27.8 Å². The van der Waals surface area contributed by atoms with E-state index in [1.807, 2.05) is 0 Å². The Labute approximate surface area is 243 Å². The number of hydrogen-bond donors (Lipinski definition) is 0. The maximum Gasteiger partial charge on any atom is 0.0641 e. The second-order valence-corrected chi connectivity index (χ2v) is 11.0. The highest BCUT2D eigenvalue weighted by Crippen LogP contribution is 2.43. The molecular formula is C40H26N2. The van der Waals surface area contributed by atoms with E-state index in [9.17, 15) is 0 Å². The van der Waals surface area contributed by atoms with Crippen LogP contribution in [-0.4, -0.2) is 9.13 Å². The molecule has 196 valence electrons. The highest BCUT2D eigenvalue weighted by molar-refractivity contribution is 6.26. The Morgan fingerprint density at radius 1 is 0.381 bits per heavy atom. The molecule has 0 saturated carbocycles. The second-order valence-electron chi connectivity index (χ2n) is 11.0. The van der Waals surface area contributed by atoms with Crippen molar-refractivity contribution in [3.05, 3.63) is 158 Å². The summed E-state index contributed by atoms with van der Waals surface area (Å²) in [4.78, 5) is 0. The van der Waals surface area contributed by atoms with Crippen molar-refractivity contribution in [2.24, 2.45) is 0 Å². The molecule has 0 aliphatic rings. The fourth-order valence-electron chi connectivity index (χ4n) is 6.88. The van der Waals surface area contributed by atoms with Gasteiger partial charge in [-0.05, 0) is 52.7 Å². The molecule has 42 heavy (non-hydrogen) atoms. The van der Waals surface area contributed by atoms with Crippen LogP contribution in [0, 0.1) is 0 Å². The number of hydrogen-bond acceptors (Lipinski definition) is 0. The van der Waals surface area contributed by atoms with Gasteiger partial charge in [0, 0.05) is 32.8 Å². The molecule has 2 aromatic heterocycles. The van der Waals surface area contributed by atoms with Gasteiger partial charge in [0.15, 0.2) is 0 Å². The first-order valence-electron chi connectivity index (χ1n) is 14.5. The minimum atomic E-state index is 1.17. The van der Waals surface area contributed by atoms with E-state index in [0.717, 1.165) is 0 Å². The molecule has 0 aliphatic heterocycles. The Kier molecular flexibility index (Phi) is 4.93. The number of rotatable bonds is 3. The fraction of sp³-hybridized carbons (Fsp3) is 0. The third-order valence-electron chi connectivity index (χ3n) is 8.69. The van der Waals surface area contributed by atoms with Crippen molar-refractivity contribution in [1.29, 1.82) is 0 Å². The van der Waals surface area contributed by atoms with Gasteiger partial charge in [0.1, 0.15) is 0 Å². The van der Waals surface area contributed by atoms with Crippen LogP contribution in [0.25, 0.3) is 76.9 Å². The van der Waals surface area contributed by atoms with Gasteiger partial charge in [-0.25, -0.2) is 0 Å². The lowest BCUT2D eigenvalue weighted by Crippen LogP contribution is -1.97. The molecule has 0 atom stereocenters. The van der Waals surface area contributed by atoms with Crippen molar-refractivity contribution in [2.75, 3.05) is 0 Å². The van der Waals surface area contributed by atoms with E-state index in [0.29, 0.717) is 0 Å². The van der Waals surface area contributed by atoms with Crippen molar-refractivity contribution >= 4 is 54.4 Å². The van der Waals surface area contributed by atoms with E-state index in [4.69, 9.17) is 0 Å². The largest absolute Gasteiger partial charge is 0.309 e. The van der Waals surface area contributed by atoms with E-state index >= 15 is 0 Å². The van der Waals surface area contributed by atoms with Crippen molar-refractivity contribution in [1.82, 2.24) is 9.13 Å². The minimum Gasteiger partial charge on any atom is -0.309 e. The first-order chi connectivity index (χ1) is 20.9. The van der Waals surface area contributed by atoms with Gasteiger partial charge in [-0.2, -0.15) is 0 Å². The highest BCUT2D eigenvalue weighted by Gasteiger charge is 2.21. The van der Waals surface area contributed by atoms with Crippen molar-refractivity contribution in [3.63, 3.8) is 0 Å². The molecule has 7 aromatic carbocycles. The first kappa shape index (κ1) is 23.1. The normalized spacial score (nSPS) is 11.8. The maximum absolute atomic E-state index is 2.47. The van der Waals surface area contributed by atoms with Gasteiger partial charge in [0.25, 0.3) is 0 Å². The molecule has 2 heteroatoms. The van der Waals surface area contributed by atoms with Crippen molar-refractivity contribution in [3.8, 4) is 22.5 Å². The Hall–Kier alpha value is -5.60. The summed E-state index contributed by atoms with van der Waals surface area (Å²) in [6, 6.07) is 57.2. The van der Waals surface area contributed by atoms with E-state index in [1.54, 1.807) is 0 Å². The molecule has 9 aromatic rings. The van der Waals surface area contributed by atoms with Crippen LogP contribution in [0.2, 0.25) is 0 Å². The van der Waals surface area contributed by atoms with E-state index < -0.39 is 0 Å². The van der Waals surface area contributed by atoms with Crippen molar-refractivity contribution in [2.45, 2.75) is 0 Å². The zero-order chi connectivity index (χ0) is 27.6. The molecule has 0 fully saturated rings. The number of benzene rings is 7. The minimum absolute atomic E-state index is 1.17.